The lowest BCUT2D eigenvalue weighted by Crippen LogP contribution is -2.33. The lowest BCUT2D eigenvalue weighted by Gasteiger charge is -2.07. The molecule has 0 bridgehead atoms. The number of H-pyrrole nitrogens is 1. The van der Waals surface area contributed by atoms with Crippen LogP contribution in [0.3, 0.4) is 0 Å². The number of aldehydes is 1. The summed E-state index contributed by atoms with van der Waals surface area (Å²) >= 11 is 4.54. The molecule has 0 unspecified atom stereocenters. The maximum Gasteiger partial charge on any atom is 0.339 e. The van der Waals surface area contributed by atoms with E-state index in [1.807, 2.05) is 0 Å². The van der Waals surface area contributed by atoms with E-state index in [1.165, 1.54) is 16.4 Å². The van der Waals surface area contributed by atoms with Crippen LogP contribution >= 0.6 is 27.7 Å². The SMILES string of the molecule is Cn1[nH]c(=O)c(=O)nc1Sc1ccc(C=O)cc1Br. The molecule has 0 aliphatic rings. The predicted molar refractivity (Wildman–Crippen MR) is 73.8 cm³/mol. The number of hydrogen-bond donors (Lipinski definition) is 1. The molecule has 0 saturated heterocycles. The molecule has 8 heteroatoms. The van der Waals surface area contributed by atoms with Gasteiger partial charge < -0.3 is 0 Å². The van der Waals surface area contributed by atoms with E-state index in [9.17, 15) is 14.4 Å². The number of nitrogens with one attached hydrogen (secondary N) is 1. The third-order valence-corrected chi connectivity index (χ3v) is 4.28. The molecular weight excluding hydrogens is 334 g/mol. The maximum absolute atomic E-state index is 11.2. The fourth-order valence-electron chi connectivity index (χ4n) is 1.32. The van der Waals surface area contributed by atoms with Gasteiger partial charge in [0.25, 0.3) is 0 Å². The number of aryl methyl sites for hydroxylation is 1. The molecule has 1 N–H and O–H groups in total. The second-order valence-electron chi connectivity index (χ2n) is 3.61. The van der Waals surface area contributed by atoms with Crippen molar-refractivity contribution < 1.29 is 4.79 Å². The third-order valence-electron chi connectivity index (χ3n) is 2.24. The van der Waals surface area contributed by atoms with Crippen LogP contribution in [0.15, 0.2) is 42.3 Å². The van der Waals surface area contributed by atoms with E-state index in [2.05, 4.69) is 26.0 Å². The average Bonchev–Trinajstić information content (AvgIpc) is 2.38. The molecule has 0 saturated carbocycles. The quantitative estimate of drug-likeness (QED) is 0.669. The van der Waals surface area contributed by atoms with E-state index >= 15 is 0 Å². The van der Waals surface area contributed by atoms with Gasteiger partial charge in [-0.25, -0.2) is 0 Å². The van der Waals surface area contributed by atoms with Gasteiger partial charge in [-0.1, -0.05) is 6.07 Å². The van der Waals surface area contributed by atoms with E-state index < -0.39 is 11.1 Å². The molecule has 0 spiro atoms. The summed E-state index contributed by atoms with van der Waals surface area (Å²) in [6.45, 7) is 0. The molecular formula is C11H8BrN3O3S. The first-order chi connectivity index (χ1) is 9.01. The molecule has 0 atom stereocenters. The average molecular weight is 342 g/mol. The van der Waals surface area contributed by atoms with Crippen LogP contribution in [-0.2, 0) is 7.05 Å². The zero-order valence-corrected chi connectivity index (χ0v) is 12.1. The van der Waals surface area contributed by atoms with Crippen LogP contribution in [0.25, 0.3) is 0 Å². The first-order valence-corrected chi connectivity index (χ1v) is 6.72. The Morgan fingerprint density at radius 1 is 1.42 bits per heavy atom. The van der Waals surface area contributed by atoms with Gasteiger partial charge in [0.2, 0.25) is 0 Å². The summed E-state index contributed by atoms with van der Waals surface area (Å²) in [5.41, 5.74) is -1.05. The van der Waals surface area contributed by atoms with Crippen molar-refractivity contribution in [3.05, 3.63) is 48.9 Å². The number of aromatic amines is 1. The van der Waals surface area contributed by atoms with Gasteiger partial charge in [-0.15, -0.1) is 0 Å². The Labute approximate surface area is 120 Å². The monoisotopic (exact) mass is 341 g/mol. The van der Waals surface area contributed by atoms with Gasteiger partial charge in [0.05, 0.1) is 0 Å². The normalized spacial score (nSPS) is 10.4. The van der Waals surface area contributed by atoms with Crippen molar-refractivity contribution in [1.29, 1.82) is 0 Å². The number of halogens is 1. The van der Waals surface area contributed by atoms with Crippen molar-refractivity contribution in [1.82, 2.24) is 14.8 Å². The molecule has 0 radical (unpaired) electrons. The van der Waals surface area contributed by atoms with Crippen molar-refractivity contribution in [3.63, 3.8) is 0 Å². The van der Waals surface area contributed by atoms with Crippen molar-refractivity contribution in [2.24, 2.45) is 7.05 Å². The second kappa shape index (κ2) is 5.54. The molecule has 0 fully saturated rings. The van der Waals surface area contributed by atoms with Crippen molar-refractivity contribution in [2.75, 3.05) is 0 Å². The van der Waals surface area contributed by atoms with Crippen LogP contribution in [-0.4, -0.2) is 21.1 Å². The minimum absolute atomic E-state index is 0.351. The van der Waals surface area contributed by atoms with Gasteiger partial charge in [-0.05, 0) is 39.8 Å². The number of rotatable bonds is 3. The van der Waals surface area contributed by atoms with E-state index in [-0.39, 0.29) is 0 Å². The zero-order valence-electron chi connectivity index (χ0n) is 9.71. The van der Waals surface area contributed by atoms with Gasteiger partial charge in [0, 0.05) is 22.0 Å². The fourth-order valence-corrected chi connectivity index (χ4v) is 2.76. The molecule has 0 aliphatic heterocycles. The maximum atomic E-state index is 11.2. The molecule has 19 heavy (non-hydrogen) atoms. The van der Waals surface area contributed by atoms with Gasteiger partial charge in [0.15, 0.2) is 5.16 Å². The molecule has 1 aromatic heterocycles. The lowest BCUT2D eigenvalue weighted by molar-refractivity contribution is 0.112. The predicted octanol–water partition coefficient (Wildman–Crippen LogP) is 1.19. The fraction of sp³-hybridized carbons (Fsp3) is 0.0909. The highest BCUT2D eigenvalue weighted by atomic mass is 79.9. The highest BCUT2D eigenvalue weighted by molar-refractivity contribution is 9.10. The van der Waals surface area contributed by atoms with Gasteiger partial charge in [-0.3, -0.25) is 24.2 Å². The number of carbonyl (C=O) groups excluding carboxylic acids is 1. The van der Waals surface area contributed by atoms with E-state index in [0.29, 0.717) is 15.2 Å². The van der Waals surface area contributed by atoms with Crippen LogP contribution in [0.2, 0.25) is 0 Å². The minimum Gasteiger partial charge on any atom is -0.298 e. The largest absolute Gasteiger partial charge is 0.339 e. The molecule has 0 amide bonds. The number of carbonyl (C=O) groups is 1. The Morgan fingerprint density at radius 2 is 2.16 bits per heavy atom. The Morgan fingerprint density at radius 3 is 2.79 bits per heavy atom. The summed E-state index contributed by atoms with van der Waals surface area (Å²) < 4.78 is 2.08. The number of benzene rings is 1. The van der Waals surface area contributed by atoms with Crippen LogP contribution in [0.4, 0.5) is 0 Å². The smallest absolute Gasteiger partial charge is 0.298 e. The molecule has 2 aromatic rings. The first kappa shape index (κ1) is 13.8. The van der Waals surface area contributed by atoms with E-state index in [4.69, 9.17) is 0 Å². The first-order valence-electron chi connectivity index (χ1n) is 5.11. The Balaban J connectivity index is 2.41. The summed E-state index contributed by atoms with van der Waals surface area (Å²) in [5, 5.41) is 2.71. The number of aromatic nitrogens is 3. The zero-order chi connectivity index (χ0) is 14.0. The van der Waals surface area contributed by atoms with Crippen molar-refractivity contribution in [2.45, 2.75) is 10.1 Å². The van der Waals surface area contributed by atoms with Gasteiger partial charge in [0.1, 0.15) is 6.29 Å². The van der Waals surface area contributed by atoms with E-state index in [0.717, 1.165) is 11.2 Å². The summed E-state index contributed by atoms with van der Waals surface area (Å²) in [6, 6.07) is 5.05. The van der Waals surface area contributed by atoms with Gasteiger partial charge >= 0.3 is 11.1 Å². The highest BCUT2D eigenvalue weighted by Gasteiger charge is 2.09. The van der Waals surface area contributed by atoms with E-state index in [1.54, 1.807) is 25.2 Å². The van der Waals surface area contributed by atoms with Crippen LogP contribution < -0.4 is 11.1 Å². The summed E-state index contributed by atoms with van der Waals surface area (Å²) in [4.78, 5) is 37.4. The third kappa shape index (κ3) is 3.02. The van der Waals surface area contributed by atoms with Gasteiger partial charge in [-0.2, -0.15) is 4.98 Å². The Hall–Kier alpha value is -1.67. The topological polar surface area (TPSA) is 84.8 Å². The molecule has 6 nitrogen and oxygen atoms in total. The van der Waals surface area contributed by atoms with Crippen LogP contribution in [0.5, 0.6) is 0 Å². The summed E-state index contributed by atoms with van der Waals surface area (Å²) in [6.07, 6.45) is 0.743. The molecule has 98 valence electrons. The highest BCUT2D eigenvalue weighted by Crippen LogP contribution is 2.31. The summed E-state index contributed by atoms with van der Waals surface area (Å²) in [5.74, 6) is 0. The lowest BCUT2D eigenvalue weighted by atomic mass is 10.2. The number of nitrogens with zero attached hydrogens (tertiary/aromatic N) is 2. The second-order valence-corrected chi connectivity index (χ2v) is 5.47. The van der Waals surface area contributed by atoms with Crippen LogP contribution in [0.1, 0.15) is 10.4 Å². The molecule has 2 rings (SSSR count). The molecule has 1 heterocycles. The molecule has 1 aromatic carbocycles. The minimum atomic E-state index is -0.832. The summed E-state index contributed by atoms with van der Waals surface area (Å²) in [7, 11) is 1.59. The number of hydrogen-bond acceptors (Lipinski definition) is 5. The molecule has 0 aliphatic carbocycles. The van der Waals surface area contributed by atoms with Crippen molar-refractivity contribution in [3.8, 4) is 0 Å². The van der Waals surface area contributed by atoms with Crippen molar-refractivity contribution >= 4 is 34.0 Å². The Kier molecular flexibility index (Phi) is 4.01. The standard InChI is InChI=1S/C11H8BrN3O3S/c1-15-11(13-9(17)10(18)14-15)19-8-3-2-6(5-16)4-7(8)12/h2-5H,1H3,(H,14,18). The van der Waals surface area contributed by atoms with Crippen LogP contribution in [0, 0.1) is 0 Å². The Bertz CT molecular complexity index is 754.